The summed E-state index contributed by atoms with van der Waals surface area (Å²) in [5.41, 5.74) is 3.82. The van der Waals surface area contributed by atoms with Crippen LogP contribution in [0.2, 0.25) is 0 Å². The van der Waals surface area contributed by atoms with E-state index in [1.165, 1.54) is 11.3 Å². The molecule has 0 saturated heterocycles. The van der Waals surface area contributed by atoms with Gasteiger partial charge in [0.15, 0.2) is 5.13 Å². The van der Waals surface area contributed by atoms with Gasteiger partial charge in [0.25, 0.3) is 0 Å². The average Bonchev–Trinajstić information content (AvgIpc) is 3.59. The summed E-state index contributed by atoms with van der Waals surface area (Å²) in [6.45, 7) is 2.52. The lowest BCUT2D eigenvalue weighted by Crippen LogP contribution is -2.37. The second-order valence-corrected chi connectivity index (χ2v) is 11.5. The van der Waals surface area contributed by atoms with Gasteiger partial charge in [0.2, 0.25) is 15.9 Å². The first kappa shape index (κ1) is 19.1. The maximum absolute atomic E-state index is 12.8. The minimum atomic E-state index is -3.23. The van der Waals surface area contributed by atoms with Crippen LogP contribution in [0.3, 0.4) is 0 Å². The van der Waals surface area contributed by atoms with E-state index >= 15 is 0 Å². The number of carbonyl (C=O) groups excluding carboxylic acids is 1. The van der Waals surface area contributed by atoms with E-state index in [2.05, 4.69) is 16.4 Å². The van der Waals surface area contributed by atoms with Crippen molar-refractivity contribution < 1.29 is 13.2 Å². The predicted octanol–water partition coefficient (Wildman–Crippen LogP) is 4.10. The normalized spacial score (nSPS) is 19.1. The Balaban J connectivity index is 1.40. The first-order valence-electron chi connectivity index (χ1n) is 10.3. The van der Waals surface area contributed by atoms with Crippen molar-refractivity contribution in [1.29, 1.82) is 0 Å². The Hall–Kier alpha value is -1.93. The fourth-order valence-corrected chi connectivity index (χ4v) is 6.89. The average molecular weight is 432 g/mol. The molecule has 2 fully saturated rings. The summed E-state index contributed by atoms with van der Waals surface area (Å²) in [5, 5.41) is 3.38. The lowest BCUT2D eigenvalue weighted by molar-refractivity contribution is -0.116. The number of rotatable bonds is 6. The minimum Gasteiger partial charge on any atom is -0.302 e. The van der Waals surface area contributed by atoms with Crippen molar-refractivity contribution in [2.75, 3.05) is 16.2 Å². The van der Waals surface area contributed by atoms with E-state index in [1.807, 2.05) is 19.1 Å². The second kappa shape index (κ2) is 7.09. The van der Waals surface area contributed by atoms with Gasteiger partial charge in [-0.3, -0.25) is 9.10 Å². The molecule has 0 unspecified atom stereocenters. The molecule has 5 rings (SSSR count). The predicted molar refractivity (Wildman–Crippen MR) is 116 cm³/mol. The van der Waals surface area contributed by atoms with Gasteiger partial charge in [-0.15, -0.1) is 0 Å². The molecule has 0 atom stereocenters. The van der Waals surface area contributed by atoms with Gasteiger partial charge in [-0.2, -0.15) is 0 Å². The van der Waals surface area contributed by atoms with Crippen molar-refractivity contribution in [3.8, 4) is 10.4 Å². The molecule has 1 aliphatic heterocycles. The first-order valence-corrected chi connectivity index (χ1v) is 12.7. The highest BCUT2D eigenvalue weighted by molar-refractivity contribution is 7.93. The number of fused-ring (bicyclic) bond motifs is 1. The number of nitrogens with zero attached hydrogens (tertiary/aromatic N) is 2. The van der Waals surface area contributed by atoms with E-state index in [-0.39, 0.29) is 11.2 Å². The Morgan fingerprint density at radius 1 is 1.28 bits per heavy atom. The van der Waals surface area contributed by atoms with Gasteiger partial charge in [0.05, 0.1) is 21.5 Å². The van der Waals surface area contributed by atoms with Gasteiger partial charge in [0.1, 0.15) is 0 Å². The summed E-state index contributed by atoms with van der Waals surface area (Å²) in [4.78, 5) is 17.7. The molecule has 0 spiro atoms. The van der Waals surface area contributed by atoms with Gasteiger partial charge in [-0.05, 0) is 74.6 Å². The van der Waals surface area contributed by atoms with E-state index < -0.39 is 10.0 Å². The summed E-state index contributed by atoms with van der Waals surface area (Å²) in [7, 11) is -3.23. The molecule has 1 N–H and O–H groups in total. The van der Waals surface area contributed by atoms with Crippen LogP contribution in [-0.2, 0) is 21.2 Å². The number of thiazole rings is 1. The minimum absolute atomic E-state index is 0.0409. The molecule has 1 aromatic carbocycles. The zero-order valence-electron chi connectivity index (χ0n) is 16.5. The van der Waals surface area contributed by atoms with Crippen LogP contribution in [0.1, 0.15) is 49.8 Å². The molecule has 1 aromatic heterocycles. The number of nitrogens with one attached hydrogen (secondary N) is 1. The Bertz CT molecular complexity index is 1070. The van der Waals surface area contributed by atoms with Gasteiger partial charge >= 0.3 is 0 Å². The summed E-state index contributed by atoms with van der Waals surface area (Å²) >= 11 is 1.49. The molecule has 8 heteroatoms. The van der Waals surface area contributed by atoms with Crippen molar-refractivity contribution in [2.45, 2.75) is 57.1 Å². The lowest BCUT2D eigenvalue weighted by atomic mass is 10.00. The van der Waals surface area contributed by atoms with Crippen molar-refractivity contribution in [3.05, 3.63) is 29.5 Å². The van der Waals surface area contributed by atoms with Gasteiger partial charge in [0, 0.05) is 13.0 Å². The SMILES string of the molecule is Cc1nc(NC(=O)CC2CC2)sc1-c1ccc2c(c1)CCCN2S(=O)(=O)C1CC1. The Labute approximate surface area is 175 Å². The van der Waals surface area contributed by atoms with E-state index in [0.29, 0.717) is 24.0 Å². The highest BCUT2D eigenvalue weighted by atomic mass is 32.2. The molecular weight excluding hydrogens is 406 g/mol. The maximum Gasteiger partial charge on any atom is 0.238 e. The molecule has 2 aliphatic carbocycles. The van der Waals surface area contributed by atoms with Crippen molar-refractivity contribution in [2.24, 2.45) is 5.92 Å². The number of aryl methyl sites for hydroxylation is 2. The van der Waals surface area contributed by atoms with E-state index in [4.69, 9.17) is 0 Å². The summed E-state index contributed by atoms with van der Waals surface area (Å²) in [5.74, 6) is 0.588. The van der Waals surface area contributed by atoms with Crippen LogP contribution in [0.4, 0.5) is 10.8 Å². The third kappa shape index (κ3) is 3.80. The maximum atomic E-state index is 12.8. The molecule has 6 nitrogen and oxygen atoms in total. The topological polar surface area (TPSA) is 79.4 Å². The van der Waals surface area contributed by atoms with Crippen LogP contribution in [0.5, 0.6) is 0 Å². The number of benzene rings is 1. The molecule has 3 aliphatic rings. The first-order chi connectivity index (χ1) is 13.9. The van der Waals surface area contributed by atoms with Crippen LogP contribution in [-0.4, -0.2) is 31.1 Å². The largest absolute Gasteiger partial charge is 0.302 e. The van der Waals surface area contributed by atoms with Crippen LogP contribution >= 0.6 is 11.3 Å². The van der Waals surface area contributed by atoms with Crippen LogP contribution in [0.25, 0.3) is 10.4 Å². The lowest BCUT2D eigenvalue weighted by Gasteiger charge is -2.31. The van der Waals surface area contributed by atoms with Gasteiger partial charge < -0.3 is 5.32 Å². The van der Waals surface area contributed by atoms with Crippen molar-refractivity contribution >= 4 is 38.1 Å². The van der Waals surface area contributed by atoms with Crippen LogP contribution < -0.4 is 9.62 Å². The Morgan fingerprint density at radius 2 is 2.07 bits per heavy atom. The van der Waals surface area contributed by atoms with Gasteiger partial charge in [-0.25, -0.2) is 13.4 Å². The number of aromatic nitrogens is 1. The summed E-state index contributed by atoms with van der Waals surface area (Å²) < 4.78 is 27.2. The number of anilines is 2. The van der Waals surface area contributed by atoms with Crippen molar-refractivity contribution in [1.82, 2.24) is 4.98 Å². The molecule has 0 bridgehead atoms. The smallest absolute Gasteiger partial charge is 0.238 e. The quantitative estimate of drug-likeness (QED) is 0.747. The van der Waals surface area contributed by atoms with E-state index in [9.17, 15) is 13.2 Å². The summed E-state index contributed by atoms with van der Waals surface area (Å²) in [6, 6.07) is 6.02. The third-order valence-corrected chi connectivity index (χ3v) is 9.31. The molecule has 29 heavy (non-hydrogen) atoms. The highest BCUT2D eigenvalue weighted by Gasteiger charge is 2.41. The number of carbonyl (C=O) groups is 1. The molecule has 1 amide bonds. The molecule has 154 valence electrons. The molecule has 0 radical (unpaired) electrons. The molecule has 2 saturated carbocycles. The third-order valence-electron chi connectivity index (χ3n) is 5.88. The van der Waals surface area contributed by atoms with Gasteiger partial charge in [-0.1, -0.05) is 17.4 Å². The number of hydrogen-bond acceptors (Lipinski definition) is 5. The highest BCUT2D eigenvalue weighted by Crippen LogP contribution is 2.40. The van der Waals surface area contributed by atoms with E-state index in [1.54, 1.807) is 4.31 Å². The second-order valence-electron chi connectivity index (χ2n) is 8.39. The number of amides is 1. The van der Waals surface area contributed by atoms with Crippen LogP contribution in [0.15, 0.2) is 18.2 Å². The molecule has 2 heterocycles. The summed E-state index contributed by atoms with van der Waals surface area (Å²) in [6.07, 6.45) is 6.16. The van der Waals surface area contributed by atoms with Crippen LogP contribution in [0, 0.1) is 12.8 Å². The fourth-order valence-electron chi connectivity index (χ4n) is 3.99. The monoisotopic (exact) mass is 431 g/mol. The molecule has 2 aromatic rings. The Kier molecular flexibility index (Phi) is 4.66. The standard InChI is InChI=1S/C21H25N3O3S2/c1-13-20(28-21(22-13)23-19(25)11-14-4-5-14)16-6-9-18-15(12-16)3-2-10-24(18)29(26,27)17-7-8-17/h6,9,12,14,17H,2-5,7-8,10-11H2,1H3,(H,22,23,25). The zero-order valence-corrected chi connectivity index (χ0v) is 18.1. The Morgan fingerprint density at radius 3 is 2.79 bits per heavy atom. The molecular formula is C21H25N3O3S2. The van der Waals surface area contributed by atoms with Crippen molar-refractivity contribution in [3.63, 3.8) is 0 Å². The fraction of sp³-hybridized carbons (Fsp3) is 0.524. The number of sulfonamides is 1. The van der Waals surface area contributed by atoms with E-state index in [0.717, 1.165) is 65.9 Å². The number of hydrogen-bond donors (Lipinski definition) is 1. The zero-order chi connectivity index (χ0) is 20.2.